The summed E-state index contributed by atoms with van der Waals surface area (Å²) in [6.45, 7) is 0.680. The first-order valence-corrected chi connectivity index (χ1v) is 8.40. The molecular weight excluding hydrogens is 300 g/mol. The van der Waals surface area contributed by atoms with E-state index in [0.29, 0.717) is 17.9 Å². The third-order valence-electron chi connectivity index (χ3n) is 4.62. The summed E-state index contributed by atoms with van der Waals surface area (Å²) in [6.07, 6.45) is 8.33. The molecule has 0 bridgehead atoms. The number of nitrogens with one attached hydrogen (secondary N) is 1. The Morgan fingerprint density at radius 1 is 1.38 bits per heavy atom. The number of anilines is 1. The first-order chi connectivity index (χ1) is 11.6. The highest BCUT2D eigenvalue weighted by molar-refractivity contribution is 5.55. The maximum Gasteiger partial charge on any atom is 0.144 e. The molecule has 1 atom stereocenters. The minimum Gasteiger partial charge on any atom is -0.367 e. The molecule has 6 nitrogen and oxygen atoms in total. The quantitative estimate of drug-likeness (QED) is 0.914. The Hall–Kier alpha value is -2.39. The van der Waals surface area contributed by atoms with Crippen molar-refractivity contribution in [3.05, 3.63) is 40.8 Å². The Morgan fingerprint density at radius 3 is 2.83 bits per heavy atom. The fourth-order valence-corrected chi connectivity index (χ4v) is 3.26. The van der Waals surface area contributed by atoms with Crippen molar-refractivity contribution in [3.63, 3.8) is 0 Å². The van der Waals surface area contributed by atoms with Gasteiger partial charge in [-0.25, -0.2) is 4.98 Å². The van der Waals surface area contributed by atoms with Gasteiger partial charge in [-0.1, -0.05) is 0 Å². The second kappa shape index (κ2) is 7.02. The molecule has 2 heterocycles. The molecule has 0 radical (unpaired) electrons. The maximum atomic E-state index is 9.46. The summed E-state index contributed by atoms with van der Waals surface area (Å²) in [5, 5.41) is 17.1. The van der Waals surface area contributed by atoms with Crippen LogP contribution in [0.1, 0.15) is 41.3 Å². The summed E-state index contributed by atoms with van der Waals surface area (Å²) >= 11 is 0. The molecule has 1 N–H and O–H groups in total. The molecule has 0 spiro atoms. The smallest absolute Gasteiger partial charge is 0.144 e. The molecule has 0 fully saturated rings. The van der Waals surface area contributed by atoms with Gasteiger partial charge < -0.3 is 10.2 Å². The SMILES string of the molecule is CN(C)[C@@H](CNc1nc2c(cc1C#N)CCCC2)c1cnn(C)c1. The molecule has 6 heteroatoms. The van der Waals surface area contributed by atoms with E-state index in [9.17, 15) is 5.26 Å². The van der Waals surface area contributed by atoms with Crippen LogP contribution in [0.15, 0.2) is 18.5 Å². The highest BCUT2D eigenvalue weighted by Crippen LogP contribution is 2.25. The minimum absolute atomic E-state index is 0.170. The minimum atomic E-state index is 0.170. The third kappa shape index (κ3) is 3.41. The van der Waals surface area contributed by atoms with Gasteiger partial charge in [0.15, 0.2) is 0 Å². The van der Waals surface area contributed by atoms with Crippen molar-refractivity contribution in [2.45, 2.75) is 31.7 Å². The van der Waals surface area contributed by atoms with Crippen molar-refractivity contribution < 1.29 is 0 Å². The standard InChI is InChI=1S/C18H24N6/c1-23(2)17(15-10-21-24(3)12-15)11-20-18-14(9-19)8-13-6-4-5-7-16(13)22-18/h8,10,12,17H,4-7,11H2,1-3H3,(H,20,22)/t17-/m0/s1. The number of nitriles is 1. The Bertz CT molecular complexity index is 755. The van der Waals surface area contributed by atoms with Crippen molar-refractivity contribution in [2.75, 3.05) is 26.0 Å². The van der Waals surface area contributed by atoms with Crippen molar-refractivity contribution in [1.82, 2.24) is 19.7 Å². The van der Waals surface area contributed by atoms with Crippen LogP contribution in [0, 0.1) is 11.3 Å². The number of hydrogen-bond acceptors (Lipinski definition) is 5. The molecular formula is C18H24N6. The van der Waals surface area contributed by atoms with Gasteiger partial charge in [-0.2, -0.15) is 10.4 Å². The molecule has 1 aliphatic carbocycles. The van der Waals surface area contributed by atoms with Gasteiger partial charge >= 0.3 is 0 Å². The molecule has 0 aromatic carbocycles. The molecule has 0 amide bonds. The van der Waals surface area contributed by atoms with Crippen molar-refractivity contribution in [3.8, 4) is 6.07 Å². The fourth-order valence-electron chi connectivity index (χ4n) is 3.26. The summed E-state index contributed by atoms with van der Waals surface area (Å²) in [5.74, 6) is 0.703. The Balaban J connectivity index is 1.81. The van der Waals surface area contributed by atoms with Gasteiger partial charge in [0.2, 0.25) is 0 Å². The number of rotatable bonds is 5. The highest BCUT2D eigenvalue weighted by Gasteiger charge is 2.19. The Labute approximate surface area is 143 Å². The zero-order chi connectivity index (χ0) is 17.1. The number of aryl methyl sites for hydroxylation is 3. The predicted octanol–water partition coefficient (Wildman–Crippen LogP) is 2.28. The summed E-state index contributed by atoms with van der Waals surface area (Å²) in [6, 6.07) is 4.47. The monoisotopic (exact) mass is 324 g/mol. The van der Waals surface area contributed by atoms with Gasteiger partial charge in [0, 0.05) is 31.0 Å². The van der Waals surface area contributed by atoms with E-state index < -0.39 is 0 Å². The van der Waals surface area contributed by atoms with Crippen molar-refractivity contribution >= 4 is 5.82 Å². The lowest BCUT2D eigenvalue weighted by atomic mass is 9.95. The Kier molecular flexibility index (Phi) is 4.81. The van der Waals surface area contributed by atoms with Gasteiger partial charge in [-0.15, -0.1) is 0 Å². The normalized spacial score (nSPS) is 15.0. The van der Waals surface area contributed by atoms with Crippen LogP contribution in [0.25, 0.3) is 0 Å². The molecule has 126 valence electrons. The molecule has 24 heavy (non-hydrogen) atoms. The predicted molar refractivity (Wildman–Crippen MR) is 93.7 cm³/mol. The molecule has 1 aliphatic rings. The molecule has 0 unspecified atom stereocenters. The van der Waals surface area contributed by atoms with Gasteiger partial charge in [0.25, 0.3) is 0 Å². The van der Waals surface area contributed by atoms with Crippen LogP contribution in [0.5, 0.6) is 0 Å². The van der Waals surface area contributed by atoms with E-state index >= 15 is 0 Å². The number of likely N-dealkylation sites (N-methyl/N-ethyl adjacent to an activating group) is 1. The lowest BCUT2D eigenvalue weighted by molar-refractivity contribution is 0.311. The van der Waals surface area contributed by atoms with Crippen LogP contribution in [0.4, 0.5) is 5.82 Å². The van der Waals surface area contributed by atoms with E-state index in [1.54, 1.807) is 0 Å². The molecule has 3 rings (SSSR count). The van der Waals surface area contributed by atoms with E-state index in [4.69, 9.17) is 4.98 Å². The number of nitrogens with zero attached hydrogens (tertiary/aromatic N) is 5. The average Bonchev–Trinajstić information content (AvgIpc) is 3.00. The van der Waals surface area contributed by atoms with Gasteiger partial charge in [-0.3, -0.25) is 4.68 Å². The third-order valence-corrected chi connectivity index (χ3v) is 4.62. The van der Waals surface area contributed by atoms with Crippen LogP contribution in [0.2, 0.25) is 0 Å². The molecule has 0 saturated heterocycles. The summed E-state index contributed by atoms with van der Waals surface area (Å²) in [5.41, 5.74) is 4.16. The molecule has 0 saturated carbocycles. The van der Waals surface area contributed by atoms with Crippen LogP contribution in [0.3, 0.4) is 0 Å². The summed E-state index contributed by atoms with van der Waals surface area (Å²) in [4.78, 5) is 6.89. The first-order valence-electron chi connectivity index (χ1n) is 8.40. The van der Waals surface area contributed by atoms with Crippen LogP contribution in [-0.2, 0) is 19.9 Å². The van der Waals surface area contributed by atoms with E-state index in [1.165, 1.54) is 18.4 Å². The second-order valence-electron chi connectivity index (χ2n) is 6.62. The average molecular weight is 324 g/mol. The van der Waals surface area contributed by atoms with E-state index in [-0.39, 0.29) is 6.04 Å². The van der Waals surface area contributed by atoms with Crippen LogP contribution < -0.4 is 5.32 Å². The zero-order valence-corrected chi connectivity index (χ0v) is 14.6. The van der Waals surface area contributed by atoms with Gasteiger partial charge in [-0.05, 0) is 51.4 Å². The highest BCUT2D eigenvalue weighted by atomic mass is 15.2. The Morgan fingerprint density at radius 2 is 2.17 bits per heavy atom. The summed E-state index contributed by atoms with van der Waals surface area (Å²) in [7, 11) is 6.01. The lowest BCUT2D eigenvalue weighted by Crippen LogP contribution is -2.27. The number of fused-ring (bicyclic) bond motifs is 1. The van der Waals surface area contributed by atoms with Crippen molar-refractivity contribution in [2.24, 2.45) is 7.05 Å². The zero-order valence-electron chi connectivity index (χ0n) is 14.6. The largest absolute Gasteiger partial charge is 0.367 e. The molecule has 2 aromatic heterocycles. The topological polar surface area (TPSA) is 69.8 Å². The van der Waals surface area contributed by atoms with E-state index in [1.807, 2.05) is 44.3 Å². The fraction of sp³-hybridized carbons (Fsp3) is 0.500. The van der Waals surface area contributed by atoms with E-state index in [2.05, 4.69) is 21.4 Å². The molecule has 2 aromatic rings. The number of hydrogen-bond donors (Lipinski definition) is 1. The van der Waals surface area contributed by atoms with Crippen LogP contribution >= 0.6 is 0 Å². The second-order valence-corrected chi connectivity index (χ2v) is 6.62. The molecule has 0 aliphatic heterocycles. The maximum absolute atomic E-state index is 9.46. The van der Waals surface area contributed by atoms with Gasteiger partial charge in [0.1, 0.15) is 11.9 Å². The van der Waals surface area contributed by atoms with E-state index in [0.717, 1.165) is 24.1 Å². The first kappa shape index (κ1) is 16.5. The van der Waals surface area contributed by atoms with Crippen LogP contribution in [-0.4, -0.2) is 40.3 Å². The van der Waals surface area contributed by atoms with Gasteiger partial charge in [0.05, 0.1) is 17.8 Å². The number of aromatic nitrogens is 3. The number of pyridine rings is 1. The lowest BCUT2D eigenvalue weighted by Gasteiger charge is -2.24. The summed E-state index contributed by atoms with van der Waals surface area (Å²) < 4.78 is 1.81. The van der Waals surface area contributed by atoms with Crippen molar-refractivity contribution in [1.29, 1.82) is 5.26 Å².